The number of hydrogen-bond acceptors (Lipinski definition) is 5. The average molecular weight is 758 g/mol. The zero-order chi connectivity index (χ0) is 44.8. The van der Waals surface area contributed by atoms with Gasteiger partial charge in [0, 0.05) is 62.1 Å². The zero-order valence-corrected chi connectivity index (χ0v) is 29.6. The maximum atomic E-state index is 15.1. The highest BCUT2D eigenvalue weighted by Crippen LogP contribution is 2.32. The Balaban J connectivity index is 1.46. The number of alkyl halides is 3. The molecule has 0 bridgehead atoms. The molecule has 4 aromatic carbocycles. The number of pyridine rings is 1. The summed E-state index contributed by atoms with van der Waals surface area (Å²) in [7, 11) is 1.24. The molecule has 0 N–H and O–H groups in total. The second-order valence-corrected chi connectivity index (χ2v) is 13.5. The first kappa shape index (κ1) is 28.9. The first-order valence-electron chi connectivity index (χ1n) is 20.6. The Kier molecular flexibility index (Phi) is 9.09. The van der Waals surface area contributed by atoms with E-state index in [0.717, 1.165) is 18.2 Å². The van der Waals surface area contributed by atoms with Crippen molar-refractivity contribution in [3.8, 4) is 11.1 Å². The van der Waals surface area contributed by atoms with Crippen LogP contribution in [0.4, 0.5) is 22.0 Å². The molecule has 0 radical (unpaired) electrons. The summed E-state index contributed by atoms with van der Waals surface area (Å²) in [6.45, 7) is -3.65. The molecule has 0 saturated carbocycles. The SMILES string of the molecule is [2H]c1c(C)c([2H])c2c(c1[2H])c(=O)c([2H])c(SCc1cccc(F)c1F)n2C([2H])([2H])C(=O)N(Cc1ccc(-c2ccc(C(F)(F)F)cc2)cc1)C1CCN(CC([2H])([2H])OC)CC1. The number of amides is 1. The monoisotopic (exact) mass is 757 g/mol. The molecule has 2 heterocycles. The van der Waals surface area contributed by atoms with Gasteiger partial charge < -0.3 is 19.1 Å². The molecule has 53 heavy (non-hydrogen) atoms. The van der Waals surface area contributed by atoms with Gasteiger partial charge in [0.2, 0.25) is 5.91 Å². The zero-order valence-electron chi connectivity index (χ0n) is 36.7. The van der Waals surface area contributed by atoms with Crippen LogP contribution in [0.15, 0.2) is 101 Å². The number of carbonyl (C=O) groups excluding carboxylic acids is 1. The number of rotatable bonds is 12. The van der Waals surface area contributed by atoms with Gasteiger partial charge in [0.15, 0.2) is 17.1 Å². The van der Waals surface area contributed by atoms with E-state index in [1.54, 1.807) is 29.2 Å². The van der Waals surface area contributed by atoms with E-state index >= 15 is 4.79 Å². The van der Waals surface area contributed by atoms with E-state index in [9.17, 15) is 29.5 Å². The van der Waals surface area contributed by atoms with E-state index in [0.29, 0.717) is 33.0 Å². The second kappa shape index (κ2) is 16.7. The van der Waals surface area contributed by atoms with Crippen molar-refractivity contribution in [2.45, 2.75) is 55.8 Å². The molecule has 1 saturated heterocycles. The highest BCUT2D eigenvalue weighted by molar-refractivity contribution is 7.98. The molecule has 6 rings (SSSR count). The molecule has 6 nitrogen and oxygen atoms in total. The van der Waals surface area contributed by atoms with Gasteiger partial charge in [-0.15, -0.1) is 11.8 Å². The first-order valence-corrected chi connectivity index (χ1v) is 17.6. The molecule has 1 amide bonds. The summed E-state index contributed by atoms with van der Waals surface area (Å²) in [6.07, 6.45) is -4.04. The van der Waals surface area contributed by atoms with Gasteiger partial charge in [0.1, 0.15) is 6.50 Å². The summed E-state index contributed by atoms with van der Waals surface area (Å²) in [5.74, 6) is -4.03. The highest BCUT2D eigenvalue weighted by atomic mass is 32.2. The van der Waals surface area contributed by atoms with E-state index in [4.69, 9.17) is 13.0 Å². The molecule has 0 spiro atoms. The number of aromatic nitrogens is 1. The lowest BCUT2D eigenvalue weighted by atomic mass is 10.00. The molecular formula is C41H40F5N3O3S. The van der Waals surface area contributed by atoms with E-state index < -0.39 is 99.7 Å². The van der Waals surface area contributed by atoms with Crippen molar-refractivity contribution in [2.24, 2.45) is 0 Å². The van der Waals surface area contributed by atoms with Gasteiger partial charge in [-0.05, 0) is 72.3 Å². The molecule has 0 atom stereocenters. The van der Waals surface area contributed by atoms with Gasteiger partial charge in [-0.25, -0.2) is 8.78 Å². The number of piperidine rings is 1. The van der Waals surface area contributed by atoms with Crippen LogP contribution in [0.3, 0.4) is 0 Å². The lowest BCUT2D eigenvalue weighted by Gasteiger charge is -2.39. The summed E-state index contributed by atoms with van der Waals surface area (Å²) in [5, 5.41) is -1.16. The molecule has 5 aromatic rings. The van der Waals surface area contributed by atoms with Gasteiger partial charge >= 0.3 is 6.18 Å². The summed E-state index contributed by atoms with van der Waals surface area (Å²) in [5.41, 5.74) is -1.28. The van der Waals surface area contributed by atoms with E-state index in [1.165, 1.54) is 43.2 Å². The van der Waals surface area contributed by atoms with Crippen molar-refractivity contribution in [3.63, 3.8) is 0 Å². The molecule has 1 fully saturated rings. The molecule has 0 aliphatic carbocycles. The van der Waals surface area contributed by atoms with Crippen LogP contribution in [0, 0.1) is 18.6 Å². The number of hydrogen-bond donors (Lipinski definition) is 0. The standard InChI is InChI=1S/C41H40F5N3O3S/c1-27-6-15-34-36(22-27)49(39(23-37(34)50)53-26-31-4-3-5-35(42)40(31)43)25-38(51)48(33-16-18-47(19-17-33)20-21-52-2)24-28-7-9-29(10-8-28)30-11-13-32(14-12-30)41(44,45)46/h3-15,22-23,33H,16-21,24-26H2,1-2H3/i6D,15D,21D2,22D,23D,25D2. The number of thioether (sulfide) groups is 1. The molecule has 1 aromatic heterocycles. The lowest BCUT2D eigenvalue weighted by Crippen LogP contribution is -2.48. The van der Waals surface area contributed by atoms with Gasteiger partial charge in [-0.1, -0.05) is 54.6 Å². The molecule has 1 aliphatic heterocycles. The van der Waals surface area contributed by atoms with Crippen molar-refractivity contribution < 1.29 is 42.4 Å². The Bertz CT molecular complexity index is 2520. The van der Waals surface area contributed by atoms with Crippen LogP contribution in [-0.2, 0) is 34.5 Å². The van der Waals surface area contributed by atoms with E-state index in [-0.39, 0.29) is 50.1 Å². The van der Waals surface area contributed by atoms with Crippen molar-refractivity contribution >= 4 is 28.6 Å². The van der Waals surface area contributed by atoms with Crippen molar-refractivity contribution in [2.75, 3.05) is 33.3 Å². The van der Waals surface area contributed by atoms with Crippen LogP contribution in [-0.4, -0.2) is 59.6 Å². The fourth-order valence-electron chi connectivity index (χ4n) is 6.07. The normalized spacial score (nSPS) is 16.9. The Hall–Kier alpha value is -4.52. The molecule has 12 heteroatoms. The number of methoxy groups -OCH3 is 1. The third-order valence-electron chi connectivity index (χ3n) is 8.94. The maximum Gasteiger partial charge on any atom is 0.416 e. The number of carbonyl (C=O) groups is 1. The molecular weight excluding hydrogens is 710 g/mol. The van der Waals surface area contributed by atoms with E-state index in [2.05, 4.69) is 0 Å². The molecule has 278 valence electrons. The molecule has 0 unspecified atom stereocenters. The number of benzene rings is 4. The van der Waals surface area contributed by atoms with Gasteiger partial charge in [-0.3, -0.25) is 9.59 Å². The van der Waals surface area contributed by atoms with Crippen LogP contribution in [0.25, 0.3) is 22.0 Å². The summed E-state index contributed by atoms with van der Waals surface area (Å²) in [4.78, 5) is 31.9. The highest BCUT2D eigenvalue weighted by Gasteiger charge is 2.31. The fraction of sp³-hybridized carbons (Fsp3) is 0.317. The Morgan fingerprint density at radius 3 is 2.34 bits per heavy atom. The largest absolute Gasteiger partial charge is 0.416 e. The predicted molar refractivity (Wildman–Crippen MR) is 198 cm³/mol. The second-order valence-electron chi connectivity index (χ2n) is 12.5. The van der Waals surface area contributed by atoms with Crippen LogP contribution >= 0.6 is 11.8 Å². The maximum absolute atomic E-state index is 15.1. The number of halogens is 5. The molecule has 1 aliphatic rings. The Labute approximate surface area is 320 Å². The third-order valence-corrected chi connectivity index (χ3v) is 9.95. The Morgan fingerprint density at radius 1 is 1.00 bits per heavy atom. The fourth-order valence-corrected chi connectivity index (χ4v) is 7.02. The minimum Gasteiger partial charge on any atom is -0.383 e. The number of likely N-dealkylation sites (tertiary alicyclic amines) is 1. The van der Waals surface area contributed by atoms with Crippen LogP contribution < -0.4 is 5.43 Å². The van der Waals surface area contributed by atoms with E-state index in [1.807, 2.05) is 0 Å². The summed E-state index contributed by atoms with van der Waals surface area (Å²) < 4.78 is 145. The first-order chi connectivity index (χ1) is 28.6. The summed E-state index contributed by atoms with van der Waals surface area (Å²) >= 11 is 0.558. The van der Waals surface area contributed by atoms with Crippen molar-refractivity contribution in [3.05, 3.63) is 135 Å². The van der Waals surface area contributed by atoms with Crippen LogP contribution in [0.5, 0.6) is 0 Å². The minimum atomic E-state index is -4.52. The van der Waals surface area contributed by atoms with Crippen molar-refractivity contribution in [1.29, 1.82) is 0 Å². The predicted octanol–water partition coefficient (Wildman–Crippen LogP) is 8.71. The number of ether oxygens (including phenoxy) is 1. The topological polar surface area (TPSA) is 54.8 Å². The number of fused-ring (bicyclic) bond motifs is 1. The van der Waals surface area contributed by atoms with Gasteiger partial charge in [-0.2, -0.15) is 13.2 Å². The van der Waals surface area contributed by atoms with Crippen LogP contribution in [0.2, 0.25) is 0 Å². The number of nitrogens with zero attached hydrogens (tertiary/aromatic N) is 3. The van der Waals surface area contributed by atoms with Gasteiger partial charge in [0.05, 0.1) is 33.6 Å². The van der Waals surface area contributed by atoms with Crippen LogP contribution in [0.1, 0.15) is 46.1 Å². The minimum absolute atomic E-state index is 0.0857. The summed E-state index contributed by atoms with van der Waals surface area (Å²) in [6, 6.07) is 11.1. The van der Waals surface area contributed by atoms with Gasteiger partial charge in [0.25, 0.3) is 0 Å². The lowest BCUT2D eigenvalue weighted by molar-refractivity contribution is -0.137. The van der Waals surface area contributed by atoms with Crippen molar-refractivity contribution in [1.82, 2.24) is 14.4 Å². The average Bonchev–Trinajstić information content (AvgIpc) is 3.22. The Morgan fingerprint density at radius 2 is 1.68 bits per heavy atom. The smallest absolute Gasteiger partial charge is 0.383 e. The quantitative estimate of drug-likeness (QED) is 0.0942. The third kappa shape index (κ3) is 9.17.